The molecule has 1 fully saturated rings. The number of rotatable bonds is 2. The van der Waals surface area contributed by atoms with Gasteiger partial charge in [-0.3, -0.25) is 4.99 Å². The van der Waals surface area contributed by atoms with Gasteiger partial charge in [-0.2, -0.15) is 0 Å². The van der Waals surface area contributed by atoms with E-state index in [4.69, 9.17) is 5.73 Å². The quantitative estimate of drug-likeness (QED) is 0.872. The second-order valence-electron chi connectivity index (χ2n) is 5.16. The summed E-state index contributed by atoms with van der Waals surface area (Å²) in [5, 5.41) is 0. The number of anilines is 1. The number of halogens is 1. The lowest BCUT2D eigenvalue weighted by Crippen LogP contribution is -2.44. The highest BCUT2D eigenvalue weighted by Gasteiger charge is 2.35. The molecule has 1 saturated carbocycles. The van der Waals surface area contributed by atoms with E-state index < -0.39 is 0 Å². The van der Waals surface area contributed by atoms with E-state index in [1.807, 2.05) is 0 Å². The van der Waals surface area contributed by atoms with Crippen molar-refractivity contribution < 1.29 is 4.39 Å². The van der Waals surface area contributed by atoms with Crippen molar-refractivity contribution in [3.63, 3.8) is 0 Å². The molecule has 1 unspecified atom stereocenters. The van der Waals surface area contributed by atoms with E-state index in [-0.39, 0.29) is 5.82 Å². The SMILES string of the molecule is NC1=NCC(C2CCCC2)N1c1ccc(F)cc1. The molecule has 1 aromatic rings. The molecule has 0 aromatic heterocycles. The third-order valence-corrected chi connectivity index (χ3v) is 4.07. The molecule has 0 saturated heterocycles. The fraction of sp³-hybridized carbons (Fsp3) is 0.500. The Morgan fingerprint density at radius 1 is 1.17 bits per heavy atom. The van der Waals surface area contributed by atoms with E-state index in [9.17, 15) is 4.39 Å². The van der Waals surface area contributed by atoms with Crippen LogP contribution < -0.4 is 10.6 Å². The van der Waals surface area contributed by atoms with Gasteiger partial charge in [-0.15, -0.1) is 0 Å². The second-order valence-corrected chi connectivity index (χ2v) is 5.16. The van der Waals surface area contributed by atoms with Crippen LogP contribution in [0.25, 0.3) is 0 Å². The molecule has 0 amide bonds. The van der Waals surface area contributed by atoms with Gasteiger partial charge < -0.3 is 10.6 Å². The zero-order chi connectivity index (χ0) is 12.5. The molecule has 3 rings (SSSR count). The Morgan fingerprint density at radius 2 is 1.83 bits per heavy atom. The third kappa shape index (κ3) is 1.96. The van der Waals surface area contributed by atoms with Crippen molar-refractivity contribution in [2.45, 2.75) is 31.7 Å². The summed E-state index contributed by atoms with van der Waals surface area (Å²) in [6.07, 6.45) is 5.12. The number of guanidine groups is 1. The molecule has 2 N–H and O–H groups in total. The Hall–Kier alpha value is -1.58. The highest BCUT2D eigenvalue weighted by atomic mass is 19.1. The van der Waals surface area contributed by atoms with E-state index in [1.54, 1.807) is 12.1 Å². The first kappa shape index (κ1) is 11.5. The minimum atomic E-state index is -0.217. The third-order valence-electron chi connectivity index (χ3n) is 4.07. The van der Waals surface area contributed by atoms with Gasteiger partial charge in [-0.05, 0) is 43.0 Å². The van der Waals surface area contributed by atoms with Gasteiger partial charge in [0.2, 0.25) is 0 Å². The predicted molar refractivity (Wildman–Crippen MR) is 71.1 cm³/mol. The van der Waals surface area contributed by atoms with Crippen LogP contribution in [-0.2, 0) is 0 Å². The van der Waals surface area contributed by atoms with Crippen LogP contribution in [0.1, 0.15) is 25.7 Å². The smallest absolute Gasteiger partial charge is 0.196 e. The average molecular weight is 247 g/mol. The molecular formula is C14H18FN3. The van der Waals surface area contributed by atoms with Gasteiger partial charge in [0.25, 0.3) is 0 Å². The molecule has 1 atom stereocenters. The first-order valence-corrected chi connectivity index (χ1v) is 6.60. The zero-order valence-corrected chi connectivity index (χ0v) is 10.3. The Morgan fingerprint density at radius 3 is 2.50 bits per heavy atom. The molecule has 1 aromatic carbocycles. The van der Waals surface area contributed by atoms with Gasteiger partial charge >= 0.3 is 0 Å². The summed E-state index contributed by atoms with van der Waals surface area (Å²) in [5.74, 6) is 1.02. The number of nitrogens with two attached hydrogens (primary N) is 1. The number of hydrogen-bond acceptors (Lipinski definition) is 3. The molecule has 2 aliphatic rings. The standard InChI is InChI=1S/C14H18FN3/c15-11-5-7-12(8-6-11)18-13(9-17-14(18)16)10-3-1-2-4-10/h5-8,10,13H,1-4,9H2,(H2,16,17). The topological polar surface area (TPSA) is 41.6 Å². The zero-order valence-electron chi connectivity index (χ0n) is 10.3. The van der Waals surface area contributed by atoms with Crippen molar-refractivity contribution in [2.75, 3.05) is 11.4 Å². The highest BCUT2D eigenvalue weighted by Crippen LogP contribution is 2.34. The lowest BCUT2D eigenvalue weighted by Gasteiger charge is -2.30. The first-order valence-electron chi connectivity index (χ1n) is 6.60. The summed E-state index contributed by atoms with van der Waals surface area (Å²) in [4.78, 5) is 6.45. The van der Waals surface area contributed by atoms with E-state index in [2.05, 4.69) is 9.89 Å². The Bertz CT molecular complexity index is 449. The lowest BCUT2D eigenvalue weighted by atomic mass is 9.97. The average Bonchev–Trinajstić information content (AvgIpc) is 2.99. The van der Waals surface area contributed by atoms with Crippen LogP contribution in [0.4, 0.5) is 10.1 Å². The molecule has 0 radical (unpaired) electrons. The first-order chi connectivity index (χ1) is 8.75. The maximum absolute atomic E-state index is 13.0. The molecular weight excluding hydrogens is 229 g/mol. The summed E-state index contributed by atoms with van der Waals surface area (Å²) in [6.45, 7) is 0.772. The largest absolute Gasteiger partial charge is 0.370 e. The lowest BCUT2D eigenvalue weighted by molar-refractivity contribution is 0.450. The summed E-state index contributed by atoms with van der Waals surface area (Å²) in [5.41, 5.74) is 6.94. The molecule has 0 bridgehead atoms. The van der Waals surface area contributed by atoms with Crippen molar-refractivity contribution >= 4 is 11.6 Å². The van der Waals surface area contributed by atoms with Crippen LogP contribution in [0.15, 0.2) is 29.3 Å². The summed E-state index contributed by atoms with van der Waals surface area (Å²) in [7, 11) is 0. The van der Waals surface area contributed by atoms with Crippen LogP contribution in [-0.4, -0.2) is 18.5 Å². The molecule has 1 aliphatic carbocycles. The molecule has 3 nitrogen and oxygen atoms in total. The van der Waals surface area contributed by atoms with Crippen LogP contribution in [0.3, 0.4) is 0 Å². The van der Waals surface area contributed by atoms with Crippen molar-refractivity contribution in [3.8, 4) is 0 Å². The molecule has 18 heavy (non-hydrogen) atoms. The van der Waals surface area contributed by atoms with Gasteiger partial charge in [-0.25, -0.2) is 4.39 Å². The van der Waals surface area contributed by atoms with Crippen molar-refractivity contribution in [1.82, 2.24) is 0 Å². The molecule has 1 heterocycles. The Balaban J connectivity index is 1.86. The van der Waals surface area contributed by atoms with Gasteiger partial charge in [0, 0.05) is 5.69 Å². The molecule has 1 aliphatic heterocycles. The minimum absolute atomic E-state index is 0.217. The number of aliphatic imine (C=N–C) groups is 1. The van der Waals surface area contributed by atoms with Gasteiger partial charge in [-0.1, -0.05) is 12.8 Å². The normalized spacial score (nSPS) is 24.6. The van der Waals surface area contributed by atoms with E-state index in [0.717, 1.165) is 12.2 Å². The Labute approximate surface area is 106 Å². The number of benzene rings is 1. The maximum atomic E-state index is 13.0. The summed E-state index contributed by atoms with van der Waals surface area (Å²) >= 11 is 0. The molecule has 96 valence electrons. The number of hydrogen-bond donors (Lipinski definition) is 1. The van der Waals surface area contributed by atoms with E-state index in [1.165, 1.54) is 37.8 Å². The van der Waals surface area contributed by atoms with E-state index >= 15 is 0 Å². The van der Waals surface area contributed by atoms with Crippen molar-refractivity contribution in [2.24, 2.45) is 16.6 Å². The van der Waals surface area contributed by atoms with Crippen LogP contribution >= 0.6 is 0 Å². The maximum Gasteiger partial charge on any atom is 0.196 e. The summed E-state index contributed by atoms with van der Waals surface area (Å²) in [6, 6.07) is 6.88. The van der Waals surface area contributed by atoms with Crippen molar-refractivity contribution in [1.29, 1.82) is 0 Å². The molecule has 4 heteroatoms. The van der Waals surface area contributed by atoms with Crippen LogP contribution in [0.2, 0.25) is 0 Å². The molecule has 0 spiro atoms. The fourth-order valence-corrected chi connectivity index (χ4v) is 3.14. The minimum Gasteiger partial charge on any atom is -0.370 e. The number of nitrogens with zero attached hydrogens (tertiary/aromatic N) is 2. The second kappa shape index (κ2) is 4.59. The highest BCUT2D eigenvalue weighted by molar-refractivity contribution is 5.97. The van der Waals surface area contributed by atoms with Crippen LogP contribution in [0.5, 0.6) is 0 Å². The fourth-order valence-electron chi connectivity index (χ4n) is 3.14. The Kier molecular flexibility index (Phi) is 2.94. The predicted octanol–water partition coefficient (Wildman–Crippen LogP) is 2.52. The van der Waals surface area contributed by atoms with E-state index in [0.29, 0.717) is 17.9 Å². The van der Waals surface area contributed by atoms with Crippen molar-refractivity contribution in [3.05, 3.63) is 30.1 Å². The van der Waals surface area contributed by atoms with Gasteiger partial charge in [0.05, 0.1) is 12.6 Å². The summed E-state index contributed by atoms with van der Waals surface area (Å²) < 4.78 is 13.0. The van der Waals surface area contributed by atoms with Gasteiger partial charge in [0.1, 0.15) is 5.82 Å². The monoisotopic (exact) mass is 247 g/mol. The van der Waals surface area contributed by atoms with Gasteiger partial charge in [0.15, 0.2) is 5.96 Å². The van der Waals surface area contributed by atoms with Crippen LogP contribution in [0, 0.1) is 11.7 Å².